The number of carboxylic acids is 1. The fourth-order valence-corrected chi connectivity index (χ4v) is 2.85. The van der Waals surface area contributed by atoms with Crippen molar-refractivity contribution in [3.8, 4) is 0 Å². The molecule has 0 unspecified atom stereocenters. The lowest BCUT2D eigenvalue weighted by molar-refractivity contribution is -0.192. The van der Waals surface area contributed by atoms with Crippen molar-refractivity contribution in [1.29, 1.82) is 0 Å². The van der Waals surface area contributed by atoms with Crippen LogP contribution in [-0.2, 0) is 10.3 Å². The molecule has 3 aromatic rings. The minimum atomic E-state index is -5.08. The van der Waals surface area contributed by atoms with Gasteiger partial charge in [-0.2, -0.15) is 18.4 Å². The van der Waals surface area contributed by atoms with Crippen molar-refractivity contribution in [2.45, 2.75) is 24.6 Å². The molecule has 0 atom stereocenters. The first-order chi connectivity index (χ1) is 15.5. The minimum Gasteiger partial charge on any atom is -0.475 e. The number of hydrogen-bond donors (Lipinski definition) is 4. The van der Waals surface area contributed by atoms with Gasteiger partial charge in [-0.15, -0.1) is 10.2 Å². The lowest BCUT2D eigenvalue weighted by Gasteiger charge is -2.14. The highest BCUT2D eigenvalue weighted by Gasteiger charge is 2.49. The molecule has 33 heavy (non-hydrogen) atoms. The molecule has 0 spiro atoms. The Bertz CT molecular complexity index is 1140. The van der Waals surface area contributed by atoms with Gasteiger partial charge in [0.2, 0.25) is 0 Å². The number of alkyl halides is 3. The monoisotopic (exact) mass is 503 g/mol. The van der Waals surface area contributed by atoms with Crippen molar-refractivity contribution >= 4 is 46.6 Å². The molecule has 174 valence electrons. The number of pyridine rings is 1. The van der Waals surface area contributed by atoms with E-state index in [1.54, 1.807) is 18.2 Å². The van der Waals surface area contributed by atoms with Gasteiger partial charge < -0.3 is 15.7 Å². The first kappa shape index (κ1) is 24.2. The van der Waals surface area contributed by atoms with E-state index in [2.05, 4.69) is 36.2 Å². The number of aliphatic carboxylic acids is 1. The van der Waals surface area contributed by atoms with Crippen molar-refractivity contribution in [2.24, 2.45) is 0 Å². The highest BCUT2D eigenvalue weighted by atomic mass is 35.5. The van der Waals surface area contributed by atoms with Gasteiger partial charge in [0.25, 0.3) is 5.91 Å². The third kappa shape index (κ3) is 6.29. The zero-order valence-electron chi connectivity index (χ0n) is 16.3. The van der Waals surface area contributed by atoms with Crippen LogP contribution in [-0.4, -0.2) is 48.8 Å². The van der Waals surface area contributed by atoms with E-state index in [4.69, 9.17) is 33.1 Å². The van der Waals surface area contributed by atoms with E-state index in [1.165, 1.54) is 6.20 Å². The summed E-state index contributed by atoms with van der Waals surface area (Å²) in [4.78, 5) is 25.7. The first-order valence-corrected chi connectivity index (χ1v) is 9.80. The molecule has 1 fully saturated rings. The molecule has 0 aliphatic heterocycles. The molecule has 0 radical (unpaired) electrons. The molecule has 2 aromatic heterocycles. The lowest BCUT2D eigenvalue weighted by atomic mass is 10.2. The van der Waals surface area contributed by atoms with Crippen LogP contribution in [0.15, 0.2) is 36.5 Å². The van der Waals surface area contributed by atoms with E-state index in [0.717, 1.165) is 18.5 Å². The second-order valence-corrected chi connectivity index (χ2v) is 7.60. The number of benzene rings is 1. The number of nitrogens with zero attached hydrogens (tertiary/aromatic N) is 4. The number of hydrogen-bond acceptors (Lipinski definition) is 7. The zero-order valence-corrected chi connectivity index (χ0v) is 17.8. The first-order valence-electron chi connectivity index (χ1n) is 9.05. The molecule has 1 aliphatic rings. The fraction of sp³-hybridized carbons (Fsp3) is 0.222. The van der Waals surface area contributed by atoms with Gasteiger partial charge in [-0.25, -0.2) is 9.78 Å². The molecule has 10 nitrogen and oxygen atoms in total. The molecule has 15 heteroatoms. The molecule has 0 saturated heterocycles. The Morgan fingerprint density at radius 1 is 1.15 bits per heavy atom. The summed E-state index contributed by atoms with van der Waals surface area (Å²) in [5.74, 6) is -2.12. The van der Waals surface area contributed by atoms with Crippen molar-refractivity contribution in [3.63, 3.8) is 0 Å². The Labute approximate surface area is 193 Å². The van der Waals surface area contributed by atoms with Crippen molar-refractivity contribution in [3.05, 3.63) is 58.0 Å². The number of aromatic amines is 1. The van der Waals surface area contributed by atoms with Crippen molar-refractivity contribution < 1.29 is 27.9 Å². The molecular formula is C18H14Cl2F3N7O3. The Morgan fingerprint density at radius 2 is 1.79 bits per heavy atom. The Hall–Kier alpha value is -3.45. The summed E-state index contributed by atoms with van der Waals surface area (Å²) in [7, 11) is 0. The third-order valence-electron chi connectivity index (χ3n) is 4.33. The van der Waals surface area contributed by atoms with E-state index in [-0.39, 0.29) is 5.91 Å². The Kier molecular flexibility index (Phi) is 7.03. The summed E-state index contributed by atoms with van der Waals surface area (Å²) >= 11 is 12.1. The number of aromatic nitrogens is 5. The van der Waals surface area contributed by atoms with Crippen LogP contribution in [0.5, 0.6) is 0 Å². The third-order valence-corrected chi connectivity index (χ3v) is 4.87. The van der Waals surface area contributed by atoms with Gasteiger partial charge in [0.15, 0.2) is 5.82 Å². The second kappa shape index (κ2) is 9.58. The zero-order chi connectivity index (χ0) is 24.2. The molecule has 1 aliphatic carbocycles. The maximum Gasteiger partial charge on any atom is 0.490 e. The van der Waals surface area contributed by atoms with Gasteiger partial charge in [0.1, 0.15) is 11.4 Å². The highest BCUT2D eigenvalue weighted by molar-refractivity contribution is 6.33. The maximum atomic E-state index is 12.5. The number of tetrazole rings is 1. The summed E-state index contributed by atoms with van der Waals surface area (Å²) in [6.45, 7) is 0. The van der Waals surface area contributed by atoms with Gasteiger partial charge in [-0.05, 0) is 43.2 Å². The SMILES string of the molecule is O=C(NC1(c2nn[nH]n2)CC1)c1cnc(Nc2ccc(Cl)cc2)c(Cl)c1.O=C(O)C(F)(F)F. The molecule has 2 heterocycles. The topological polar surface area (TPSA) is 146 Å². The number of nitrogens with one attached hydrogen (secondary N) is 3. The van der Waals surface area contributed by atoms with Gasteiger partial charge in [0, 0.05) is 16.9 Å². The van der Waals surface area contributed by atoms with E-state index in [9.17, 15) is 18.0 Å². The number of H-pyrrole nitrogens is 1. The van der Waals surface area contributed by atoms with Crippen LogP contribution < -0.4 is 10.6 Å². The molecule has 1 amide bonds. The predicted octanol–water partition coefficient (Wildman–Crippen LogP) is 3.70. The molecule has 4 rings (SSSR count). The largest absolute Gasteiger partial charge is 0.490 e. The van der Waals surface area contributed by atoms with Gasteiger partial charge in [0.05, 0.1) is 10.6 Å². The number of carboxylic acid groups (broad SMARTS) is 1. The van der Waals surface area contributed by atoms with Crippen molar-refractivity contribution in [1.82, 2.24) is 30.9 Å². The molecule has 4 N–H and O–H groups in total. The Morgan fingerprint density at radius 3 is 2.27 bits per heavy atom. The molecule has 0 bridgehead atoms. The lowest BCUT2D eigenvalue weighted by Crippen LogP contribution is -2.35. The minimum absolute atomic E-state index is 0.292. The van der Waals surface area contributed by atoms with Crippen LogP contribution in [0.25, 0.3) is 0 Å². The smallest absolute Gasteiger partial charge is 0.475 e. The summed E-state index contributed by atoms with van der Waals surface area (Å²) in [6.07, 6.45) is -2.10. The van der Waals surface area contributed by atoms with Crippen LogP contribution in [0.2, 0.25) is 10.0 Å². The van der Waals surface area contributed by atoms with E-state index < -0.39 is 17.7 Å². The van der Waals surface area contributed by atoms with E-state index in [1.807, 2.05) is 12.1 Å². The van der Waals surface area contributed by atoms with Crippen LogP contribution in [0.4, 0.5) is 24.7 Å². The number of halogens is 5. The molecular weight excluding hydrogens is 490 g/mol. The number of carbonyl (C=O) groups is 2. The number of amides is 1. The average Bonchev–Trinajstić information content (AvgIpc) is 3.30. The van der Waals surface area contributed by atoms with Crippen LogP contribution in [0.3, 0.4) is 0 Å². The summed E-state index contributed by atoms with van der Waals surface area (Å²) in [6, 6.07) is 8.69. The number of anilines is 2. The average molecular weight is 504 g/mol. The summed E-state index contributed by atoms with van der Waals surface area (Å²) in [5.41, 5.74) is 0.582. The van der Waals surface area contributed by atoms with Gasteiger partial charge in [-0.3, -0.25) is 4.79 Å². The van der Waals surface area contributed by atoms with Crippen LogP contribution in [0.1, 0.15) is 29.0 Å². The van der Waals surface area contributed by atoms with Crippen LogP contribution >= 0.6 is 23.2 Å². The highest BCUT2D eigenvalue weighted by Crippen LogP contribution is 2.43. The Balaban J connectivity index is 0.000000383. The van der Waals surface area contributed by atoms with Crippen LogP contribution in [0, 0.1) is 0 Å². The number of rotatable bonds is 5. The predicted molar refractivity (Wildman–Crippen MR) is 110 cm³/mol. The second-order valence-electron chi connectivity index (χ2n) is 6.76. The normalized spacial score (nSPS) is 14.0. The molecule has 1 aromatic carbocycles. The van der Waals surface area contributed by atoms with Gasteiger partial charge >= 0.3 is 12.1 Å². The summed E-state index contributed by atoms with van der Waals surface area (Å²) < 4.78 is 31.7. The van der Waals surface area contributed by atoms with Gasteiger partial charge in [-0.1, -0.05) is 28.4 Å². The van der Waals surface area contributed by atoms with E-state index in [0.29, 0.717) is 27.3 Å². The maximum absolute atomic E-state index is 12.5. The molecule has 1 saturated carbocycles. The number of carbonyl (C=O) groups excluding carboxylic acids is 1. The van der Waals surface area contributed by atoms with Crippen molar-refractivity contribution in [2.75, 3.05) is 5.32 Å². The standard InChI is InChI=1S/C16H13Cl2N7O.C2HF3O2/c17-10-1-3-11(4-2-10)20-13-12(18)7-9(8-19-13)14(26)21-16(5-6-16)15-22-24-25-23-15;3-2(4,5)1(6)7/h1-4,7-8H,5-6H2,(H,19,20)(H,21,26)(H,22,23,24,25);(H,6,7). The quantitative estimate of drug-likeness (QED) is 0.412. The fourth-order valence-electron chi connectivity index (χ4n) is 2.51. The summed E-state index contributed by atoms with van der Waals surface area (Å²) in [5, 5.41) is 28.0. The van der Waals surface area contributed by atoms with E-state index >= 15 is 0 Å².